The summed E-state index contributed by atoms with van der Waals surface area (Å²) in [5, 5.41) is 5.65. The third kappa shape index (κ3) is 15.2. The maximum Gasteiger partial charge on any atom is 0.412 e. The Balaban J connectivity index is 0.00000300. The van der Waals surface area contributed by atoms with Gasteiger partial charge in [0.25, 0.3) is 0 Å². The average Bonchev–Trinajstić information content (AvgIpc) is 2.74. The molecule has 0 atom stereocenters. The van der Waals surface area contributed by atoms with Gasteiger partial charge in [0.2, 0.25) is 11.8 Å². The topological polar surface area (TPSA) is 128 Å². The van der Waals surface area contributed by atoms with Crippen LogP contribution < -0.4 is 21.1 Å². The molecule has 0 aromatic carbocycles. The lowest BCUT2D eigenvalue weighted by Crippen LogP contribution is -2.32. The number of hydrogen-bond acceptors (Lipinski definition) is 8. The van der Waals surface area contributed by atoms with Crippen molar-refractivity contribution in [2.24, 2.45) is 11.7 Å². The van der Waals surface area contributed by atoms with Crippen LogP contribution in [0.1, 0.15) is 69.2 Å². The second kappa shape index (κ2) is 16.2. The highest BCUT2D eigenvalue weighted by Crippen LogP contribution is 2.14. The minimum Gasteiger partial charge on any atom is -0.478 e. The van der Waals surface area contributed by atoms with Gasteiger partial charge in [0, 0.05) is 35.8 Å². The van der Waals surface area contributed by atoms with Gasteiger partial charge in [-0.2, -0.15) is 4.98 Å². The second-order valence-electron chi connectivity index (χ2n) is 10.1. The molecule has 0 aliphatic carbocycles. The summed E-state index contributed by atoms with van der Waals surface area (Å²) in [5.41, 5.74) is 7.55. The number of carbonyl (C=O) groups is 2. The molecule has 0 fully saturated rings. The van der Waals surface area contributed by atoms with Gasteiger partial charge in [0.15, 0.2) is 5.78 Å². The number of alkyl carbamates (subject to hydrolysis) is 1. The van der Waals surface area contributed by atoms with Crippen molar-refractivity contribution in [1.29, 1.82) is 0 Å². The maximum atomic E-state index is 13.0. The van der Waals surface area contributed by atoms with E-state index in [0.717, 1.165) is 5.92 Å². The monoisotopic (exact) mass is 515 g/mol. The lowest BCUT2D eigenvalue weighted by molar-refractivity contribution is -0.112. The van der Waals surface area contributed by atoms with Gasteiger partial charge in [-0.05, 0) is 71.6 Å². The molecule has 0 spiro atoms. The molecule has 206 valence electrons. The Morgan fingerprint density at radius 2 is 1.76 bits per heavy atom. The summed E-state index contributed by atoms with van der Waals surface area (Å²) in [4.78, 5) is 33.4. The van der Waals surface area contributed by atoms with Crippen molar-refractivity contribution in [1.82, 2.24) is 15.3 Å². The lowest BCUT2D eigenvalue weighted by Gasteiger charge is -2.20. The van der Waals surface area contributed by atoms with Crippen molar-refractivity contribution in [2.75, 3.05) is 18.5 Å². The van der Waals surface area contributed by atoms with Crippen LogP contribution >= 0.6 is 0 Å². The fraction of sp³-hybridized carbons (Fsp3) is 0.500. The highest BCUT2D eigenvalue weighted by atomic mass is 16.6. The second-order valence-corrected chi connectivity index (χ2v) is 10.1. The number of nitrogens with zero attached hydrogens (tertiary/aromatic N) is 2. The van der Waals surface area contributed by atoms with E-state index < -0.39 is 11.7 Å². The number of ketones is 1. The number of ether oxygens (including phenoxy) is 2. The SMILES string of the molecule is C=C(C)/C(=C\C=C(/C)C(=O)/C(CNc1nccc(OCC)n1)=C(/C)N)NC(=O)OC(C)(C)C.CC(C)C. The van der Waals surface area contributed by atoms with Crippen LogP contribution in [0.4, 0.5) is 10.7 Å². The Kier molecular flexibility index (Phi) is 14.6. The number of allylic oxidation sites excluding steroid dienone is 5. The molecule has 1 aromatic heterocycles. The molecule has 37 heavy (non-hydrogen) atoms. The summed E-state index contributed by atoms with van der Waals surface area (Å²) in [7, 11) is 0. The number of anilines is 1. The van der Waals surface area contributed by atoms with Crippen LogP contribution in [0.3, 0.4) is 0 Å². The minimum atomic E-state index is -0.636. The van der Waals surface area contributed by atoms with E-state index >= 15 is 0 Å². The zero-order chi connectivity index (χ0) is 28.8. The first kappa shape index (κ1) is 33.4. The zero-order valence-electron chi connectivity index (χ0n) is 24.1. The molecular formula is C28H45N5O4. The Morgan fingerprint density at radius 3 is 2.24 bits per heavy atom. The maximum absolute atomic E-state index is 13.0. The highest BCUT2D eigenvalue weighted by molar-refractivity contribution is 6.08. The molecule has 1 heterocycles. The minimum absolute atomic E-state index is 0.134. The Morgan fingerprint density at radius 1 is 1.16 bits per heavy atom. The largest absolute Gasteiger partial charge is 0.478 e. The number of nitrogens with one attached hydrogen (secondary N) is 2. The van der Waals surface area contributed by atoms with Crippen molar-refractivity contribution in [3.8, 4) is 5.88 Å². The van der Waals surface area contributed by atoms with Gasteiger partial charge in [-0.15, -0.1) is 0 Å². The molecule has 0 saturated carbocycles. The number of rotatable bonds is 10. The van der Waals surface area contributed by atoms with Gasteiger partial charge in [-0.25, -0.2) is 9.78 Å². The molecular weight excluding hydrogens is 470 g/mol. The summed E-state index contributed by atoms with van der Waals surface area (Å²) in [6, 6.07) is 1.65. The van der Waals surface area contributed by atoms with E-state index in [1.54, 1.807) is 66.0 Å². The van der Waals surface area contributed by atoms with Crippen LogP contribution in [0.5, 0.6) is 5.88 Å². The lowest BCUT2D eigenvalue weighted by atomic mass is 10.0. The van der Waals surface area contributed by atoms with E-state index in [4.69, 9.17) is 15.2 Å². The van der Waals surface area contributed by atoms with E-state index in [-0.39, 0.29) is 12.3 Å². The first-order valence-electron chi connectivity index (χ1n) is 12.3. The molecule has 0 unspecified atom stereocenters. The van der Waals surface area contributed by atoms with Crippen LogP contribution in [0.25, 0.3) is 0 Å². The Hall–Kier alpha value is -3.62. The predicted molar refractivity (Wildman–Crippen MR) is 150 cm³/mol. The first-order valence-corrected chi connectivity index (χ1v) is 12.3. The van der Waals surface area contributed by atoms with E-state index in [1.807, 2.05) is 6.92 Å². The molecule has 1 rings (SSSR count). The molecule has 1 amide bonds. The standard InChI is InChI=1S/C24H35N5O4.C4H10/c1-9-32-20-12-13-26-22(29-20)27-14-18(17(5)25)21(30)16(4)10-11-19(15(2)3)28-23(31)33-24(6,7)8;1-4(2)3/h10-13H,2,9,14,25H2,1,3-8H3,(H,28,31)(H,26,27,29);4H,1-3H3/b16-10+,18-17-,19-11+;. The summed E-state index contributed by atoms with van der Waals surface area (Å²) in [5.74, 6) is 1.33. The number of amides is 1. The van der Waals surface area contributed by atoms with Gasteiger partial charge in [0.1, 0.15) is 5.60 Å². The summed E-state index contributed by atoms with van der Waals surface area (Å²) in [6.45, 7) is 23.2. The quantitative estimate of drug-likeness (QED) is 0.268. The number of aromatic nitrogens is 2. The van der Waals surface area contributed by atoms with Crippen molar-refractivity contribution < 1.29 is 19.1 Å². The first-order chi connectivity index (χ1) is 17.1. The fourth-order valence-electron chi connectivity index (χ4n) is 2.45. The molecule has 0 radical (unpaired) electrons. The van der Waals surface area contributed by atoms with E-state index in [2.05, 4.69) is 48.0 Å². The average molecular weight is 516 g/mol. The Bertz CT molecular complexity index is 1010. The Labute approximate surface area is 222 Å². The van der Waals surface area contributed by atoms with Gasteiger partial charge in [-0.1, -0.05) is 33.4 Å². The van der Waals surface area contributed by atoms with Crippen molar-refractivity contribution >= 4 is 17.8 Å². The summed E-state index contributed by atoms with van der Waals surface area (Å²) >= 11 is 0. The zero-order valence-corrected chi connectivity index (χ0v) is 24.1. The van der Waals surface area contributed by atoms with Gasteiger partial charge in [0.05, 0.1) is 6.61 Å². The van der Waals surface area contributed by atoms with E-state index in [1.165, 1.54) is 0 Å². The van der Waals surface area contributed by atoms with Gasteiger partial charge in [-0.3, -0.25) is 10.1 Å². The summed E-state index contributed by atoms with van der Waals surface area (Å²) < 4.78 is 10.6. The van der Waals surface area contributed by atoms with Crippen LogP contribution in [-0.2, 0) is 9.53 Å². The molecule has 0 aliphatic rings. The molecule has 9 nitrogen and oxygen atoms in total. The number of Topliss-reactive ketones (excluding diaryl/α,β-unsaturated/α-hetero) is 1. The van der Waals surface area contributed by atoms with Crippen LogP contribution in [0, 0.1) is 5.92 Å². The van der Waals surface area contributed by atoms with Crippen LogP contribution in [0.2, 0.25) is 0 Å². The predicted octanol–water partition coefficient (Wildman–Crippen LogP) is 5.68. The molecule has 4 N–H and O–H groups in total. The third-order valence-electron chi connectivity index (χ3n) is 4.05. The molecule has 1 aromatic rings. The van der Waals surface area contributed by atoms with Crippen LogP contribution in [0.15, 0.2) is 59.1 Å². The highest BCUT2D eigenvalue weighted by Gasteiger charge is 2.18. The number of nitrogens with two attached hydrogens (primary N) is 1. The van der Waals surface area contributed by atoms with Gasteiger partial charge < -0.3 is 20.5 Å². The van der Waals surface area contributed by atoms with Crippen molar-refractivity contribution in [3.05, 3.63) is 59.1 Å². The molecule has 0 aliphatic heterocycles. The normalized spacial score (nSPS) is 12.6. The molecule has 9 heteroatoms. The number of hydrogen-bond donors (Lipinski definition) is 3. The fourth-order valence-corrected chi connectivity index (χ4v) is 2.45. The number of carbonyl (C=O) groups excluding carboxylic acids is 2. The van der Waals surface area contributed by atoms with Crippen molar-refractivity contribution in [3.63, 3.8) is 0 Å². The van der Waals surface area contributed by atoms with E-state index in [9.17, 15) is 9.59 Å². The summed E-state index contributed by atoms with van der Waals surface area (Å²) in [6.07, 6.45) is 4.16. The van der Waals surface area contributed by atoms with Gasteiger partial charge >= 0.3 is 6.09 Å². The molecule has 0 bridgehead atoms. The van der Waals surface area contributed by atoms with Crippen LogP contribution in [-0.4, -0.2) is 40.6 Å². The van der Waals surface area contributed by atoms with Crippen molar-refractivity contribution in [2.45, 2.75) is 74.8 Å². The molecule has 0 saturated heterocycles. The third-order valence-corrected chi connectivity index (χ3v) is 4.05. The van der Waals surface area contributed by atoms with E-state index in [0.29, 0.717) is 46.5 Å². The smallest absolute Gasteiger partial charge is 0.412 e.